The number of hydrogen-bond acceptors (Lipinski definition) is 3. The smallest absolute Gasteiger partial charge is 0.339 e. The summed E-state index contributed by atoms with van der Waals surface area (Å²) in [6.07, 6.45) is 0.542. The fraction of sp³-hybridized carbons (Fsp3) is 0.467. The molecule has 0 aliphatic carbocycles. The van der Waals surface area contributed by atoms with Crippen LogP contribution < -0.4 is 0 Å². The number of carbonyl (C=O) groups excluding carboxylic acids is 1. The van der Waals surface area contributed by atoms with Gasteiger partial charge in [0, 0.05) is 5.02 Å². The van der Waals surface area contributed by atoms with Crippen molar-refractivity contribution in [2.45, 2.75) is 34.1 Å². The van der Waals surface area contributed by atoms with Gasteiger partial charge in [-0.25, -0.2) is 9.59 Å². The summed E-state index contributed by atoms with van der Waals surface area (Å²) in [4.78, 5) is 23.5. The Kier molecular flexibility index (Phi) is 5.57. The summed E-state index contributed by atoms with van der Waals surface area (Å²) in [6, 6.07) is 1.38. The maximum atomic E-state index is 11.9. The number of rotatable bonds is 5. The Morgan fingerprint density at radius 1 is 1.40 bits per heavy atom. The van der Waals surface area contributed by atoms with Gasteiger partial charge in [0.2, 0.25) is 0 Å². The van der Waals surface area contributed by atoms with Crippen molar-refractivity contribution in [2.24, 2.45) is 5.92 Å². The molecule has 0 aliphatic rings. The van der Waals surface area contributed by atoms with Crippen molar-refractivity contribution in [3.05, 3.63) is 33.3 Å². The van der Waals surface area contributed by atoms with E-state index in [1.165, 1.54) is 6.07 Å². The van der Waals surface area contributed by atoms with Gasteiger partial charge in [-0.3, -0.25) is 0 Å². The summed E-state index contributed by atoms with van der Waals surface area (Å²) < 4.78 is 4.91. The molecule has 0 bridgehead atoms. The molecule has 0 fully saturated rings. The lowest BCUT2D eigenvalue weighted by Gasteiger charge is -2.17. The third-order valence-electron chi connectivity index (χ3n) is 2.97. The van der Waals surface area contributed by atoms with Crippen LogP contribution in [-0.4, -0.2) is 23.7 Å². The van der Waals surface area contributed by atoms with Crippen molar-refractivity contribution in [2.75, 3.05) is 6.61 Å². The summed E-state index contributed by atoms with van der Waals surface area (Å²) in [7, 11) is 0. The van der Waals surface area contributed by atoms with Gasteiger partial charge in [-0.1, -0.05) is 25.4 Å². The minimum absolute atomic E-state index is 0.000880. The Bertz CT molecular complexity index is 535. The van der Waals surface area contributed by atoms with Crippen LogP contribution in [0.25, 0.3) is 0 Å². The van der Waals surface area contributed by atoms with E-state index >= 15 is 0 Å². The standard InChI is InChI=1S/C15H19ClO4/c1-5-20-15(19)11-7-12(16)9(4)10(6-8(2)3)13(11)14(17)18/h7-8H,5-6H2,1-4H3,(H,17,18). The molecule has 0 heterocycles. The number of aromatic carboxylic acids is 1. The molecule has 0 saturated heterocycles. The third kappa shape index (κ3) is 3.51. The van der Waals surface area contributed by atoms with E-state index in [2.05, 4.69) is 0 Å². The summed E-state index contributed by atoms with van der Waals surface area (Å²) in [6.45, 7) is 7.58. The van der Waals surface area contributed by atoms with Gasteiger partial charge in [-0.2, -0.15) is 0 Å². The highest BCUT2D eigenvalue weighted by molar-refractivity contribution is 6.32. The average Bonchev–Trinajstić information content (AvgIpc) is 2.33. The van der Waals surface area contributed by atoms with Crippen molar-refractivity contribution >= 4 is 23.5 Å². The predicted molar refractivity (Wildman–Crippen MR) is 77.6 cm³/mol. The normalized spacial score (nSPS) is 10.7. The van der Waals surface area contributed by atoms with Crippen LogP contribution in [-0.2, 0) is 11.2 Å². The SMILES string of the molecule is CCOC(=O)c1cc(Cl)c(C)c(CC(C)C)c1C(=O)O. The van der Waals surface area contributed by atoms with E-state index in [4.69, 9.17) is 16.3 Å². The molecular formula is C15H19ClO4. The number of halogens is 1. The van der Waals surface area contributed by atoms with E-state index in [-0.39, 0.29) is 23.7 Å². The highest BCUT2D eigenvalue weighted by Crippen LogP contribution is 2.29. The lowest BCUT2D eigenvalue weighted by molar-refractivity contribution is 0.0514. The molecule has 0 spiro atoms. The van der Waals surface area contributed by atoms with E-state index in [0.29, 0.717) is 22.6 Å². The summed E-state index contributed by atoms with van der Waals surface area (Å²) in [5, 5.41) is 9.82. The maximum absolute atomic E-state index is 11.9. The second kappa shape index (κ2) is 6.75. The highest BCUT2D eigenvalue weighted by atomic mass is 35.5. The third-order valence-corrected chi connectivity index (χ3v) is 3.37. The first-order chi connectivity index (χ1) is 9.29. The molecule has 110 valence electrons. The molecule has 1 rings (SSSR count). The molecule has 0 amide bonds. The van der Waals surface area contributed by atoms with Crippen LogP contribution in [0.3, 0.4) is 0 Å². The molecule has 1 aromatic carbocycles. The van der Waals surface area contributed by atoms with Gasteiger partial charge in [0.1, 0.15) is 0 Å². The first-order valence-electron chi connectivity index (χ1n) is 6.51. The molecule has 20 heavy (non-hydrogen) atoms. The van der Waals surface area contributed by atoms with E-state index in [1.807, 2.05) is 13.8 Å². The number of esters is 1. The monoisotopic (exact) mass is 298 g/mol. The fourth-order valence-electron chi connectivity index (χ4n) is 2.08. The fourth-order valence-corrected chi connectivity index (χ4v) is 2.30. The molecule has 4 nitrogen and oxygen atoms in total. The molecule has 0 aliphatic heterocycles. The van der Waals surface area contributed by atoms with Crippen LogP contribution in [0.1, 0.15) is 52.6 Å². The molecule has 0 atom stereocenters. The van der Waals surface area contributed by atoms with E-state index in [1.54, 1.807) is 13.8 Å². The minimum Gasteiger partial charge on any atom is -0.478 e. The van der Waals surface area contributed by atoms with Crippen LogP contribution in [0.4, 0.5) is 0 Å². The zero-order valence-electron chi connectivity index (χ0n) is 12.1. The van der Waals surface area contributed by atoms with Crippen LogP contribution in [0.5, 0.6) is 0 Å². The van der Waals surface area contributed by atoms with Crippen LogP contribution >= 0.6 is 11.6 Å². The van der Waals surface area contributed by atoms with Gasteiger partial charge in [-0.15, -0.1) is 0 Å². The number of hydrogen-bond donors (Lipinski definition) is 1. The Morgan fingerprint density at radius 2 is 2.00 bits per heavy atom. The Labute approximate surface area is 123 Å². The zero-order chi connectivity index (χ0) is 15.4. The van der Waals surface area contributed by atoms with Gasteiger partial charge < -0.3 is 9.84 Å². The van der Waals surface area contributed by atoms with Crippen LogP contribution in [0.15, 0.2) is 6.07 Å². The van der Waals surface area contributed by atoms with Crippen molar-refractivity contribution in [3.8, 4) is 0 Å². The summed E-state index contributed by atoms with van der Waals surface area (Å²) >= 11 is 6.12. The topological polar surface area (TPSA) is 63.6 Å². The molecule has 1 N–H and O–H groups in total. The van der Waals surface area contributed by atoms with Crippen LogP contribution in [0.2, 0.25) is 5.02 Å². The highest BCUT2D eigenvalue weighted by Gasteiger charge is 2.25. The lowest BCUT2D eigenvalue weighted by atomic mass is 9.90. The van der Waals surface area contributed by atoms with Gasteiger partial charge in [0.05, 0.1) is 17.7 Å². The van der Waals surface area contributed by atoms with E-state index in [9.17, 15) is 14.7 Å². The molecular weight excluding hydrogens is 280 g/mol. The van der Waals surface area contributed by atoms with Crippen molar-refractivity contribution in [1.82, 2.24) is 0 Å². The first-order valence-corrected chi connectivity index (χ1v) is 6.89. The lowest BCUT2D eigenvalue weighted by Crippen LogP contribution is -2.16. The minimum atomic E-state index is -1.14. The molecule has 0 saturated carbocycles. The van der Waals surface area contributed by atoms with Crippen LogP contribution in [0, 0.1) is 12.8 Å². The number of carboxylic acid groups (broad SMARTS) is 1. The molecule has 5 heteroatoms. The summed E-state index contributed by atoms with van der Waals surface area (Å²) in [5.74, 6) is -1.54. The Balaban J connectivity index is 3.55. The first kappa shape index (κ1) is 16.5. The largest absolute Gasteiger partial charge is 0.478 e. The Hall–Kier alpha value is -1.55. The summed E-state index contributed by atoms with van der Waals surface area (Å²) in [5.41, 5.74) is 1.32. The quantitative estimate of drug-likeness (QED) is 0.841. The van der Waals surface area contributed by atoms with Gasteiger partial charge in [0.25, 0.3) is 0 Å². The zero-order valence-corrected chi connectivity index (χ0v) is 12.9. The van der Waals surface area contributed by atoms with Crippen molar-refractivity contribution in [3.63, 3.8) is 0 Å². The predicted octanol–water partition coefficient (Wildman–Crippen LogP) is 3.72. The molecule has 1 aromatic rings. The molecule has 0 radical (unpaired) electrons. The van der Waals surface area contributed by atoms with Crippen molar-refractivity contribution < 1.29 is 19.4 Å². The number of carbonyl (C=O) groups is 2. The Morgan fingerprint density at radius 3 is 2.45 bits per heavy atom. The second-order valence-corrected chi connectivity index (χ2v) is 5.42. The van der Waals surface area contributed by atoms with E-state index < -0.39 is 11.9 Å². The molecule has 0 aromatic heterocycles. The number of carboxylic acids is 1. The van der Waals surface area contributed by atoms with Gasteiger partial charge in [0.15, 0.2) is 0 Å². The van der Waals surface area contributed by atoms with Gasteiger partial charge in [-0.05, 0) is 43.4 Å². The van der Waals surface area contributed by atoms with Gasteiger partial charge >= 0.3 is 11.9 Å². The number of ether oxygens (including phenoxy) is 1. The molecule has 0 unspecified atom stereocenters. The second-order valence-electron chi connectivity index (χ2n) is 5.01. The van der Waals surface area contributed by atoms with E-state index in [0.717, 1.165) is 0 Å². The average molecular weight is 299 g/mol. The van der Waals surface area contributed by atoms with Crippen molar-refractivity contribution in [1.29, 1.82) is 0 Å². The maximum Gasteiger partial charge on any atom is 0.339 e. The number of benzene rings is 1.